The average molecular weight is 203 g/mol. The van der Waals surface area contributed by atoms with E-state index < -0.39 is 0 Å². The molecule has 0 bridgehead atoms. The number of ether oxygens (including phenoxy) is 1. The number of rotatable bonds is 2. The summed E-state index contributed by atoms with van der Waals surface area (Å²) in [6, 6.07) is 7.72. The minimum Gasteiger partial charge on any atom is -0.500 e. The predicted octanol–water partition coefficient (Wildman–Crippen LogP) is 2.24. The molecule has 1 heterocycles. The molecule has 1 aromatic carbocycles. The van der Waals surface area contributed by atoms with Crippen LogP contribution < -0.4 is 5.32 Å². The van der Waals surface area contributed by atoms with Crippen molar-refractivity contribution in [3.8, 4) is 0 Å². The summed E-state index contributed by atoms with van der Waals surface area (Å²) in [4.78, 5) is 11.6. The standard InChI is InChI=1S/C12H13NO2/c1-9-2-4-11(5-3-9)13-12(14)10-6-7-15-8-10/h2-5,8H,6-7H2,1H3,(H,13,14). The van der Waals surface area contributed by atoms with Crippen LogP contribution in [0.5, 0.6) is 0 Å². The van der Waals surface area contributed by atoms with Crippen molar-refractivity contribution in [2.45, 2.75) is 13.3 Å². The van der Waals surface area contributed by atoms with Gasteiger partial charge in [-0.2, -0.15) is 0 Å². The third kappa shape index (κ3) is 2.37. The summed E-state index contributed by atoms with van der Waals surface area (Å²) in [5.74, 6) is -0.0728. The van der Waals surface area contributed by atoms with Crippen LogP contribution in [0, 0.1) is 6.92 Å². The van der Waals surface area contributed by atoms with E-state index >= 15 is 0 Å². The maximum Gasteiger partial charge on any atom is 0.254 e. The number of anilines is 1. The van der Waals surface area contributed by atoms with Crippen molar-refractivity contribution in [2.75, 3.05) is 11.9 Å². The van der Waals surface area contributed by atoms with Gasteiger partial charge in [-0.25, -0.2) is 0 Å². The molecular formula is C12H13NO2. The van der Waals surface area contributed by atoms with Crippen LogP contribution in [0.15, 0.2) is 36.1 Å². The fourth-order valence-electron chi connectivity index (χ4n) is 1.40. The topological polar surface area (TPSA) is 38.3 Å². The van der Waals surface area contributed by atoms with Gasteiger partial charge in [-0.1, -0.05) is 17.7 Å². The number of carbonyl (C=O) groups excluding carboxylic acids is 1. The Hall–Kier alpha value is -1.77. The smallest absolute Gasteiger partial charge is 0.254 e. The molecule has 0 fully saturated rings. The molecule has 15 heavy (non-hydrogen) atoms. The first kappa shape index (κ1) is 9.77. The Kier molecular flexibility index (Phi) is 2.72. The molecule has 1 aromatic rings. The van der Waals surface area contributed by atoms with Crippen LogP contribution in [0.4, 0.5) is 5.69 Å². The Balaban J connectivity index is 2.02. The minimum atomic E-state index is -0.0728. The van der Waals surface area contributed by atoms with E-state index in [2.05, 4.69) is 5.32 Å². The highest BCUT2D eigenvalue weighted by Crippen LogP contribution is 2.14. The SMILES string of the molecule is Cc1ccc(NC(=O)C2=COCC2)cc1. The first-order valence-electron chi connectivity index (χ1n) is 4.94. The summed E-state index contributed by atoms with van der Waals surface area (Å²) in [7, 11) is 0. The lowest BCUT2D eigenvalue weighted by atomic mass is 10.2. The summed E-state index contributed by atoms with van der Waals surface area (Å²) in [5.41, 5.74) is 2.70. The Bertz CT molecular complexity index is 393. The van der Waals surface area contributed by atoms with Gasteiger partial charge < -0.3 is 10.1 Å². The first-order chi connectivity index (χ1) is 7.25. The minimum absolute atomic E-state index is 0.0728. The molecule has 0 unspecified atom stereocenters. The van der Waals surface area contributed by atoms with Crippen molar-refractivity contribution < 1.29 is 9.53 Å². The van der Waals surface area contributed by atoms with E-state index in [0.29, 0.717) is 18.6 Å². The molecule has 0 aromatic heterocycles. The molecule has 0 aliphatic carbocycles. The molecule has 1 amide bonds. The zero-order valence-corrected chi connectivity index (χ0v) is 8.62. The Morgan fingerprint density at radius 3 is 2.67 bits per heavy atom. The van der Waals surface area contributed by atoms with Crippen molar-refractivity contribution in [3.05, 3.63) is 41.7 Å². The van der Waals surface area contributed by atoms with E-state index in [9.17, 15) is 4.79 Å². The molecule has 3 nitrogen and oxygen atoms in total. The van der Waals surface area contributed by atoms with Gasteiger partial charge in [0.05, 0.1) is 18.4 Å². The normalized spacial score (nSPS) is 14.3. The number of amides is 1. The molecule has 0 atom stereocenters. The van der Waals surface area contributed by atoms with E-state index in [0.717, 1.165) is 5.69 Å². The second-order valence-corrected chi connectivity index (χ2v) is 3.58. The third-order valence-corrected chi connectivity index (χ3v) is 2.32. The van der Waals surface area contributed by atoms with Crippen LogP contribution in [0.1, 0.15) is 12.0 Å². The lowest BCUT2D eigenvalue weighted by Gasteiger charge is -2.04. The maximum atomic E-state index is 11.6. The van der Waals surface area contributed by atoms with Crippen molar-refractivity contribution in [1.29, 1.82) is 0 Å². The van der Waals surface area contributed by atoms with Crippen LogP contribution in [-0.4, -0.2) is 12.5 Å². The van der Waals surface area contributed by atoms with Crippen molar-refractivity contribution in [1.82, 2.24) is 0 Å². The second-order valence-electron chi connectivity index (χ2n) is 3.58. The lowest BCUT2D eigenvalue weighted by Crippen LogP contribution is -2.13. The van der Waals surface area contributed by atoms with Gasteiger partial charge in [-0.05, 0) is 19.1 Å². The predicted molar refractivity (Wildman–Crippen MR) is 58.5 cm³/mol. The summed E-state index contributed by atoms with van der Waals surface area (Å²) in [5, 5.41) is 2.82. The van der Waals surface area contributed by atoms with E-state index in [1.807, 2.05) is 31.2 Å². The van der Waals surface area contributed by atoms with Crippen LogP contribution in [0.25, 0.3) is 0 Å². The zero-order chi connectivity index (χ0) is 10.7. The summed E-state index contributed by atoms with van der Waals surface area (Å²) in [6.45, 7) is 2.62. The van der Waals surface area contributed by atoms with Gasteiger partial charge in [0.15, 0.2) is 0 Å². The molecule has 0 saturated carbocycles. The van der Waals surface area contributed by atoms with E-state index in [-0.39, 0.29) is 5.91 Å². The van der Waals surface area contributed by atoms with Gasteiger partial charge in [-0.15, -0.1) is 0 Å². The first-order valence-corrected chi connectivity index (χ1v) is 4.94. The number of hydrogen-bond acceptors (Lipinski definition) is 2. The number of nitrogens with one attached hydrogen (secondary N) is 1. The fourth-order valence-corrected chi connectivity index (χ4v) is 1.40. The third-order valence-electron chi connectivity index (χ3n) is 2.32. The second kappa shape index (κ2) is 4.17. The van der Waals surface area contributed by atoms with Gasteiger partial charge >= 0.3 is 0 Å². The van der Waals surface area contributed by atoms with Crippen molar-refractivity contribution in [2.24, 2.45) is 0 Å². The summed E-state index contributed by atoms with van der Waals surface area (Å²) < 4.78 is 5.01. The fraction of sp³-hybridized carbons (Fsp3) is 0.250. The molecule has 78 valence electrons. The molecular weight excluding hydrogens is 190 g/mol. The molecule has 2 rings (SSSR count). The molecule has 1 N–H and O–H groups in total. The quantitative estimate of drug-likeness (QED) is 0.800. The number of hydrogen-bond donors (Lipinski definition) is 1. The van der Waals surface area contributed by atoms with Crippen LogP contribution >= 0.6 is 0 Å². The van der Waals surface area contributed by atoms with E-state index in [4.69, 9.17) is 4.74 Å². The molecule has 1 aliphatic rings. The highest BCUT2D eigenvalue weighted by atomic mass is 16.5. The Morgan fingerprint density at radius 1 is 1.33 bits per heavy atom. The number of carbonyl (C=O) groups is 1. The van der Waals surface area contributed by atoms with Crippen LogP contribution in [0.3, 0.4) is 0 Å². The highest BCUT2D eigenvalue weighted by Gasteiger charge is 2.14. The molecule has 0 saturated heterocycles. The average Bonchev–Trinajstić information content (AvgIpc) is 2.74. The molecule has 1 aliphatic heterocycles. The maximum absolute atomic E-state index is 11.6. The number of aryl methyl sites for hydroxylation is 1. The summed E-state index contributed by atoms with van der Waals surface area (Å²) >= 11 is 0. The van der Waals surface area contributed by atoms with Crippen molar-refractivity contribution >= 4 is 11.6 Å². The number of benzene rings is 1. The molecule has 0 radical (unpaired) electrons. The lowest BCUT2D eigenvalue weighted by molar-refractivity contribution is -0.112. The zero-order valence-electron chi connectivity index (χ0n) is 8.62. The monoisotopic (exact) mass is 203 g/mol. The van der Waals surface area contributed by atoms with Crippen molar-refractivity contribution in [3.63, 3.8) is 0 Å². The molecule has 3 heteroatoms. The van der Waals surface area contributed by atoms with E-state index in [1.165, 1.54) is 11.8 Å². The van der Waals surface area contributed by atoms with Gasteiger partial charge in [0.25, 0.3) is 5.91 Å². The van der Waals surface area contributed by atoms with Gasteiger partial charge in [0.1, 0.15) is 0 Å². The van der Waals surface area contributed by atoms with Crippen LogP contribution in [0.2, 0.25) is 0 Å². The van der Waals surface area contributed by atoms with Gasteiger partial charge in [0.2, 0.25) is 0 Å². The van der Waals surface area contributed by atoms with Gasteiger partial charge in [-0.3, -0.25) is 4.79 Å². The van der Waals surface area contributed by atoms with Gasteiger partial charge in [0, 0.05) is 12.1 Å². The summed E-state index contributed by atoms with van der Waals surface area (Å²) in [6.07, 6.45) is 2.22. The molecule has 0 spiro atoms. The van der Waals surface area contributed by atoms with Crippen LogP contribution in [-0.2, 0) is 9.53 Å². The van der Waals surface area contributed by atoms with E-state index in [1.54, 1.807) is 0 Å². The highest BCUT2D eigenvalue weighted by molar-refractivity contribution is 6.03. The Morgan fingerprint density at radius 2 is 2.07 bits per heavy atom. The largest absolute Gasteiger partial charge is 0.500 e. The Labute approximate surface area is 88.8 Å².